The van der Waals surface area contributed by atoms with Gasteiger partial charge in [-0.25, -0.2) is 0 Å². The van der Waals surface area contributed by atoms with E-state index in [1.807, 2.05) is 30.3 Å². The highest BCUT2D eigenvalue weighted by Gasteiger charge is 2.31. The highest BCUT2D eigenvalue weighted by molar-refractivity contribution is 7.01. The highest BCUT2D eigenvalue weighted by Crippen LogP contribution is 2.16. The van der Waals surface area contributed by atoms with Crippen LogP contribution in [0.15, 0.2) is 91.0 Å². The average molecular weight is 375 g/mol. The number of hydrogen-bond donors (Lipinski definition) is 0. The summed E-state index contributed by atoms with van der Waals surface area (Å²) in [7, 11) is -1.86. The zero-order valence-electron chi connectivity index (χ0n) is 15.8. The molecule has 2 nitrogen and oxygen atoms in total. The number of rotatable bonds is 8. The fourth-order valence-corrected chi connectivity index (χ4v) is 7.11. The van der Waals surface area contributed by atoms with Crippen LogP contribution in [0.3, 0.4) is 0 Å². The van der Waals surface area contributed by atoms with Crippen molar-refractivity contribution in [1.29, 1.82) is 0 Å². The van der Waals surface area contributed by atoms with Gasteiger partial charge in [0.1, 0.15) is 14.7 Å². The van der Waals surface area contributed by atoms with Crippen LogP contribution < -0.4 is 10.4 Å². The number of benzene rings is 3. The quantitative estimate of drug-likeness (QED) is 0.431. The van der Waals surface area contributed by atoms with Gasteiger partial charge in [0.15, 0.2) is 0 Å². The Balaban J connectivity index is 1.61. The van der Waals surface area contributed by atoms with E-state index in [0.29, 0.717) is 13.0 Å². The van der Waals surface area contributed by atoms with Gasteiger partial charge in [0.2, 0.25) is 0 Å². The molecular formula is C24H26O2Si. The van der Waals surface area contributed by atoms with Crippen LogP contribution in [0.4, 0.5) is 0 Å². The maximum Gasteiger partial charge on any atom is 0.306 e. The van der Waals surface area contributed by atoms with Crippen molar-refractivity contribution >= 4 is 24.4 Å². The van der Waals surface area contributed by atoms with Crippen molar-refractivity contribution in [3.8, 4) is 0 Å². The van der Waals surface area contributed by atoms with Crippen LogP contribution >= 0.6 is 0 Å². The van der Waals surface area contributed by atoms with Crippen LogP contribution in [-0.2, 0) is 16.1 Å². The minimum atomic E-state index is -1.86. The first-order valence-corrected chi connectivity index (χ1v) is 12.2. The molecule has 0 aliphatic heterocycles. The first kappa shape index (κ1) is 19.1. The molecule has 3 heteroatoms. The second-order valence-electron chi connectivity index (χ2n) is 7.06. The fraction of sp³-hybridized carbons (Fsp3) is 0.208. The van der Waals surface area contributed by atoms with Crippen molar-refractivity contribution in [3.05, 3.63) is 96.6 Å². The van der Waals surface area contributed by atoms with E-state index < -0.39 is 8.07 Å². The van der Waals surface area contributed by atoms with E-state index in [0.717, 1.165) is 18.0 Å². The van der Waals surface area contributed by atoms with Gasteiger partial charge in [-0.05, 0) is 18.0 Å². The molecule has 0 fully saturated rings. The van der Waals surface area contributed by atoms with E-state index in [1.165, 1.54) is 10.4 Å². The monoisotopic (exact) mass is 374 g/mol. The van der Waals surface area contributed by atoms with E-state index in [1.54, 1.807) is 0 Å². The summed E-state index contributed by atoms with van der Waals surface area (Å²) in [6.45, 7) is 2.75. The molecule has 27 heavy (non-hydrogen) atoms. The predicted octanol–water partition coefficient (Wildman–Crippen LogP) is 4.40. The first-order valence-electron chi connectivity index (χ1n) is 9.49. The maximum absolute atomic E-state index is 12.2. The third-order valence-corrected chi connectivity index (χ3v) is 9.69. The zero-order valence-corrected chi connectivity index (χ0v) is 16.8. The van der Waals surface area contributed by atoms with Gasteiger partial charge in [0, 0.05) is 6.42 Å². The van der Waals surface area contributed by atoms with Gasteiger partial charge in [0.05, 0.1) is 0 Å². The first-order chi connectivity index (χ1) is 13.2. The zero-order chi connectivity index (χ0) is 19.0. The van der Waals surface area contributed by atoms with Crippen LogP contribution in [0.1, 0.15) is 18.4 Å². The second kappa shape index (κ2) is 9.33. The Labute approximate surface area is 162 Å². The Morgan fingerprint density at radius 1 is 0.778 bits per heavy atom. The molecule has 3 rings (SSSR count). The van der Waals surface area contributed by atoms with Gasteiger partial charge in [-0.3, -0.25) is 4.79 Å². The number of ether oxygens (including phenoxy) is 1. The summed E-state index contributed by atoms with van der Waals surface area (Å²) in [6.07, 6.45) is 1.31. The van der Waals surface area contributed by atoms with Crippen LogP contribution in [0.5, 0.6) is 0 Å². The Morgan fingerprint density at radius 2 is 1.26 bits per heavy atom. The Hall–Kier alpha value is -2.65. The molecule has 0 amide bonds. The molecule has 0 bridgehead atoms. The summed E-state index contributed by atoms with van der Waals surface area (Å²) >= 11 is 0. The number of carbonyl (C=O) groups excluding carboxylic acids is 1. The topological polar surface area (TPSA) is 26.3 Å². The molecule has 3 aromatic rings. The minimum Gasteiger partial charge on any atom is -0.461 e. The van der Waals surface area contributed by atoms with E-state index in [9.17, 15) is 4.79 Å². The molecule has 0 aromatic heterocycles. The largest absolute Gasteiger partial charge is 0.461 e. The summed E-state index contributed by atoms with van der Waals surface area (Å²) in [5.74, 6) is -0.115. The molecular weight excluding hydrogens is 348 g/mol. The molecule has 0 aliphatic carbocycles. The summed E-state index contributed by atoms with van der Waals surface area (Å²) in [5, 5.41) is 2.82. The van der Waals surface area contributed by atoms with Crippen LogP contribution in [0.25, 0.3) is 0 Å². The van der Waals surface area contributed by atoms with Gasteiger partial charge in [-0.15, -0.1) is 0 Å². The molecule has 138 valence electrons. The van der Waals surface area contributed by atoms with Crippen LogP contribution in [-0.4, -0.2) is 14.0 Å². The number of hydrogen-bond acceptors (Lipinski definition) is 2. The Kier molecular flexibility index (Phi) is 6.61. The summed E-state index contributed by atoms with van der Waals surface area (Å²) in [5.41, 5.74) is 1.03. The molecule has 0 radical (unpaired) electrons. The van der Waals surface area contributed by atoms with E-state index in [2.05, 4.69) is 67.2 Å². The third kappa shape index (κ3) is 5.17. The van der Waals surface area contributed by atoms with Gasteiger partial charge in [-0.1, -0.05) is 108 Å². The predicted molar refractivity (Wildman–Crippen MR) is 114 cm³/mol. The molecule has 0 saturated heterocycles. The van der Waals surface area contributed by atoms with Crippen molar-refractivity contribution in [1.82, 2.24) is 0 Å². The maximum atomic E-state index is 12.2. The average Bonchev–Trinajstić information content (AvgIpc) is 2.74. The van der Waals surface area contributed by atoms with Gasteiger partial charge in [-0.2, -0.15) is 0 Å². The summed E-state index contributed by atoms with van der Waals surface area (Å²) in [6, 6.07) is 32.3. The highest BCUT2D eigenvalue weighted by atomic mass is 28.3. The van der Waals surface area contributed by atoms with E-state index in [4.69, 9.17) is 4.74 Å². The van der Waals surface area contributed by atoms with Crippen molar-refractivity contribution < 1.29 is 9.53 Å². The molecule has 0 aliphatic rings. The lowest BCUT2D eigenvalue weighted by atomic mass is 10.2. The van der Waals surface area contributed by atoms with E-state index in [-0.39, 0.29) is 5.97 Å². The van der Waals surface area contributed by atoms with E-state index >= 15 is 0 Å². The van der Waals surface area contributed by atoms with Crippen molar-refractivity contribution in [2.24, 2.45) is 0 Å². The van der Waals surface area contributed by atoms with Crippen molar-refractivity contribution in [3.63, 3.8) is 0 Å². The Morgan fingerprint density at radius 3 is 1.78 bits per heavy atom. The molecule has 0 unspecified atom stereocenters. The SMILES string of the molecule is C[Si](CCCC(=O)OCc1ccccc1)(c1ccccc1)c1ccccc1. The summed E-state index contributed by atoms with van der Waals surface area (Å²) < 4.78 is 5.43. The lowest BCUT2D eigenvalue weighted by molar-refractivity contribution is -0.144. The molecule has 3 aromatic carbocycles. The number of esters is 1. The lowest BCUT2D eigenvalue weighted by Crippen LogP contribution is -2.55. The third-order valence-electron chi connectivity index (χ3n) is 5.12. The van der Waals surface area contributed by atoms with Gasteiger partial charge >= 0.3 is 5.97 Å². The molecule has 0 atom stereocenters. The van der Waals surface area contributed by atoms with Crippen molar-refractivity contribution in [2.45, 2.75) is 32.0 Å². The molecule has 0 saturated carbocycles. The van der Waals surface area contributed by atoms with Crippen LogP contribution in [0.2, 0.25) is 12.6 Å². The molecule has 0 heterocycles. The van der Waals surface area contributed by atoms with Gasteiger partial charge in [0.25, 0.3) is 0 Å². The molecule has 0 N–H and O–H groups in total. The number of carbonyl (C=O) groups is 1. The van der Waals surface area contributed by atoms with Crippen molar-refractivity contribution in [2.75, 3.05) is 0 Å². The molecule has 0 spiro atoms. The Bertz CT molecular complexity index is 793. The fourth-order valence-electron chi connectivity index (χ4n) is 3.46. The summed E-state index contributed by atoms with van der Waals surface area (Å²) in [4.78, 5) is 12.2. The minimum absolute atomic E-state index is 0.115. The standard InChI is InChI=1S/C24H26O2Si/c1-27(22-14-7-3-8-15-22,23-16-9-4-10-17-23)19-11-18-24(25)26-20-21-12-5-2-6-13-21/h2-10,12-17H,11,18-20H2,1H3. The normalized spacial score (nSPS) is 11.1. The lowest BCUT2D eigenvalue weighted by Gasteiger charge is -2.28. The van der Waals surface area contributed by atoms with Gasteiger partial charge < -0.3 is 4.74 Å². The van der Waals surface area contributed by atoms with Crippen LogP contribution in [0, 0.1) is 0 Å². The smallest absolute Gasteiger partial charge is 0.306 e. The second-order valence-corrected chi connectivity index (χ2v) is 11.4.